The minimum Gasteiger partial charge on any atom is -0.288 e. The van der Waals surface area contributed by atoms with Crippen LogP contribution in [0.15, 0.2) is 75.2 Å². The van der Waals surface area contributed by atoms with Gasteiger partial charge in [-0.05, 0) is 42.2 Å². The molecule has 0 unspecified atom stereocenters. The van der Waals surface area contributed by atoms with Crippen molar-refractivity contribution in [3.8, 4) is 0 Å². The van der Waals surface area contributed by atoms with E-state index in [1.165, 1.54) is 21.6 Å². The summed E-state index contributed by atoms with van der Waals surface area (Å²) < 4.78 is 0. The highest BCUT2D eigenvalue weighted by Crippen LogP contribution is 2.29. The molecular weight excluding hydrogens is 262 g/mol. The maximum Gasteiger partial charge on any atom is 0.0674 e. The molecule has 0 fully saturated rings. The lowest BCUT2D eigenvalue weighted by Gasteiger charge is -2.20. The topological polar surface area (TPSA) is 12.4 Å². The maximum absolute atomic E-state index is 4.49. The van der Waals surface area contributed by atoms with Gasteiger partial charge in [-0.3, -0.25) is 4.99 Å². The van der Waals surface area contributed by atoms with Crippen LogP contribution in [-0.2, 0) is 0 Å². The summed E-state index contributed by atoms with van der Waals surface area (Å²) in [6.45, 7) is 4.28. The first-order chi connectivity index (χ1) is 9.80. The fourth-order valence-electron chi connectivity index (χ4n) is 2.37. The molecule has 1 aromatic rings. The lowest BCUT2D eigenvalue weighted by atomic mass is 9.90. The van der Waals surface area contributed by atoms with Crippen molar-refractivity contribution in [2.75, 3.05) is 12.8 Å². The molecule has 2 heteroatoms. The van der Waals surface area contributed by atoms with Crippen LogP contribution in [0.25, 0.3) is 0 Å². The van der Waals surface area contributed by atoms with Crippen molar-refractivity contribution in [1.82, 2.24) is 0 Å². The van der Waals surface area contributed by atoms with Crippen LogP contribution >= 0.6 is 11.8 Å². The number of allylic oxidation sites excluding steroid dienone is 5. The van der Waals surface area contributed by atoms with Gasteiger partial charge in [0.05, 0.1) is 5.71 Å². The predicted octanol–water partition coefficient (Wildman–Crippen LogP) is 5.07. The van der Waals surface area contributed by atoms with Gasteiger partial charge < -0.3 is 0 Å². The number of rotatable bonds is 4. The van der Waals surface area contributed by atoms with Gasteiger partial charge in [0.1, 0.15) is 0 Å². The van der Waals surface area contributed by atoms with E-state index < -0.39 is 0 Å². The average molecular weight is 283 g/mol. The van der Waals surface area contributed by atoms with Crippen molar-refractivity contribution in [2.24, 2.45) is 4.99 Å². The van der Waals surface area contributed by atoms with Crippen LogP contribution in [-0.4, -0.2) is 18.5 Å². The van der Waals surface area contributed by atoms with Crippen molar-refractivity contribution in [3.63, 3.8) is 0 Å². The molecule has 1 nitrogen and oxygen atoms in total. The first-order valence-corrected chi connectivity index (χ1v) is 8.00. The molecule has 0 radical (unpaired) electrons. The molecule has 0 saturated heterocycles. The van der Waals surface area contributed by atoms with Gasteiger partial charge in [-0.15, -0.1) is 11.8 Å². The zero-order valence-electron chi connectivity index (χ0n) is 12.4. The van der Waals surface area contributed by atoms with Crippen molar-refractivity contribution in [3.05, 3.63) is 65.3 Å². The zero-order valence-corrected chi connectivity index (χ0v) is 13.2. The summed E-state index contributed by atoms with van der Waals surface area (Å²) in [5.41, 5.74) is 5.13. The zero-order chi connectivity index (χ0) is 14.4. The summed E-state index contributed by atoms with van der Waals surface area (Å²) in [4.78, 5) is 5.80. The molecule has 0 aromatic heterocycles. The molecule has 2 rings (SSSR count). The Morgan fingerprint density at radius 2 is 1.80 bits per heavy atom. The molecule has 1 aliphatic rings. The molecule has 0 heterocycles. The Balaban J connectivity index is 2.18. The van der Waals surface area contributed by atoms with E-state index in [-0.39, 0.29) is 0 Å². The number of nitrogens with zero attached hydrogens (tertiary/aromatic N) is 1. The molecule has 1 aromatic carbocycles. The van der Waals surface area contributed by atoms with E-state index in [9.17, 15) is 0 Å². The molecule has 0 N–H and O–H groups in total. The van der Waals surface area contributed by atoms with Gasteiger partial charge in [0.25, 0.3) is 0 Å². The molecule has 0 saturated carbocycles. The van der Waals surface area contributed by atoms with E-state index >= 15 is 0 Å². The van der Waals surface area contributed by atoms with Crippen LogP contribution in [0.2, 0.25) is 0 Å². The van der Waals surface area contributed by atoms with Gasteiger partial charge >= 0.3 is 0 Å². The maximum atomic E-state index is 4.49. The van der Waals surface area contributed by atoms with Crippen LogP contribution < -0.4 is 0 Å². The summed E-state index contributed by atoms with van der Waals surface area (Å²) in [5.74, 6) is 0.982. The first kappa shape index (κ1) is 14.9. The van der Waals surface area contributed by atoms with Gasteiger partial charge in [-0.1, -0.05) is 43.4 Å². The molecule has 0 atom stereocenters. The molecule has 1 aliphatic carbocycles. The summed E-state index contributed by atoms with van der Waals surface area (Å²) in [5, 5.41) is 0. The van der Waals surface area contributed by atoms with E-state index in [0.29, 0.717) is 0 Å². The highest BCUT2D eigenvalue weighted by molar-refractivity contribution is 7.99. The Bertz CT molecular complexity index is 577. The normalized spacial score (nSPS) is 19.1. The highest BCUT2D eigenvalue weighted by atomic mass is 32.2. The van der Waals surface area contributed by atoms with Gasteiger partial charge in [0.2, 0.25) is 0 Å². The van der Waals surface area contributed by atoms with Crippen LogP contribution in [0, 0.1) is 0 Å². The Labute approximate surface area is 126 Å². The number of hydrogen-bond acceptors (Lipinski definition) is 2. The second-order valence-corrected chi connectivity index (χ2v) is 5.66. The van der Waals surface area contributed by atoms with E-state index in [4.69, 9.17) is 0 Å². The van der Waals surface area contributed by atoms with Crippen molar-refractivity contribution in [2.45, 2.75) is 25.2 Å². The molecule has 0 bridgehead atoms. The SMILES string of the molecule is C/C=C1/C(CSc2ccccc2)=CC=C(CC)C1=NC. The van der Waals surface area contributed by atoms with Gasteiger partial charge in [0.15, 0.2) is 0 Å². The minimum atomic E-state index is 0.982. The largest absolute Gasteiger partial charge is 0.288 e. The Hall–Kier alpha value is -1.54. The fourth-order valence-corrected chi connectivity index (χ4v) is 3.29. The van der Waals surface area contributed by atoms with Crippen LogP contribution in [0.1, 0.15) is 20.3 Å². The standard InChI is InChI=1S/C18H21NS/c1-4-14-11-12-15(17(5-2)18(14)19-3)13-20-16-9-7-6-8-10-16/h5-12H,4,13H2,1-3H3/b17-5-,19-18?. The molecule has 20 heavy (non-hydrogen) atoms. The second kappa shape index (κ2) is 7.30. The van der Waals surface area contributed by atoms with Crippen LogP contribution in [0.3, 0.4) is 0 Å². The summed E-state index contributed by atoms with van der Waals surface area (Å²) >= 11 is 1.87. The van der Waals surface area contributed by atoms with Gasteiger partial charge in [0, 0.05) is 17.7 Å². The van der Waals surface area contributed by atoms with E-state index in [1.54, 1.807) is 0 Å². The van der Waals surface area contributed by atoms with Crippen LogP contribution in [0.4, 0.5) is 0 Å². The van der Waals surface area contributed by atoms with E-state index in [2.05, 4.69) is 67.4 Å². The third-order valence-electron chi connectivity index (χ3n) is 3.42. The summed E-state index contributed by atoms with van der Waals surface area (Å²) in [6, 6.07) is 10.5. The smallest absolute Gasteiger partial charge is 0.0674 e. The lowest BCUT2D eigenvalue weighted by molar-refractivity contribution is 1.15. The van der Waals surface area contributed by atoms with Gasteiger partial charge in [-0.2, -0.15) is 0 Å². The number of benzene rings is 1. The number of aliphatic imine (C=N–C) groups is 1. The predicted molar refractivity (Wildman–Crippen MR) is 90.7 cm³/mol. The Kier molecular flexibility index (Phi) is 5.42. The fraction of sp³-hybridized carbons (Fsp3) is 0.278. The molecule has 104 valence electrons. The van der Waals surface area contributed by atoms with Crippen LogP contribution in [0.5, 0.6) is 0 Å². The molecule has 0 amide bonds. The first-order valence-electron chi connectivity index (χ1n) is 7.02. The molecular formula is C18H21NS. The Morgan fingerprint density at radius 1 is 1.10 bits per heavy atom. The number of hydrogen-bond donors (Lipinski definition) is 0. The summed E-state index contributed by atoms with van der Waals surface area (Å²) in [6.07, 6.45) is 7.68. The minimum absolute atomic E-state index is 0.982. The third-order valence-corrected chi connectivity index (χ3v) is 4.48. The molecule has 0 spiro atoms. The number of thioether (sulfide) groups is 1. The monoisotopic (exact) mass is 283 g/mol. The van der Waals surface area contributed by atoms with E-state index in [0.717, 1.165) is 17.9 Å². The summed E-state index contributed by atoms with van der Waals surface area (Å²) in [7, 11) is 1.88. The second-order valence-electron chi connectivity index (χ2n) is 4.61. The highest BCUT2D eigenvalue weighted by Gasteiger charge is 2.17. The lowest BCUT2D eigenvalue weighted by Crippen LogP contribution is -2.13. The van der Waals surface area contributed by atoms with E-state index in [1.807, 2.05) is 18.8 Å². The van der Waals surface area contributed by atoms with Crippen molar-refractivity contribution < 1.29 is 0 Å². The van der Waals surface area contributed by atoms with Crippen molar-refractivity contribution >= 4 is 17.5 Å². The quantitative estimate of drug-likeness (QED) is 0.703. The van der Waals surface area contributed by atoms with Gasteiger partial charge in [-0.25, -0.2) is 0 Å². The molecule has 0 aliphatic heterocycles. The third kappa shape index (κ3) is 3.31. The average Bonchev–Trinajstić information content (AvgIpc) is 2.52. The Morgan fingerprint density at radius 3 is 2.40 bits per heavy atom. The van der Waals surface area contributed by atoms with Crippen molar-refractivity contribution in [1.29, 1.82) is 0 Å².